The van der Waals surface area contributed by atoms with Gasteiger partial charge in [-0.1, -0.05) is 25.8 Å². The molecule has 0 saturated heterocycles. The number of nitrogens with zero attached hydrogens (tertiary/aromatic N) is 27. The van der Waals surface area contributed by atoms with Crippen molar-refractivity contribution in [3.05, 3.63) is 153 Å². The van der Waals surface area contributed by atoms with E-state index in [1.165, 1.54) is 34.6 Å². The summed E-state index contributed by atoms with van der Waals surface area (Å²) in [5.74, 6) is 2.07. The summed E-state index contributed by atoms with van der Waals surface area (Å²) in [6.45, 7) is 22.6. The van der Waals surface area contributed by atoms with Crippen LogP contribution in [0.3, 0.4) is 0 Å². The molecule has 0 bridgehead atoms. The first-order valence-electron chi connectivity index (χ1n) is 22.3. The second-order valence-corrected chi connectivity index (χ2v) is 18.1. The van der Waals surface area contributed by atoms with E-state index in [-0.39, 0.29) is 0 Å². The standard InChI is InChI=1S/C5H7N.C4H7N3.2C4H6N2O.2C4H6N2S.3C3H5N3.C3H4N2O.2C3H4N2S/c1-6-4-2-3-5-6;1-4-5-3-7(2)6-4;1-3-5-6-4(2)7-3;1-3-4(2)6-7-5-3;1-3-5-6-4(2)7-3;1-3-4(2)6-7-5-3;1-6-3-4-2-5-6;1-6-3-2-4-5-6;1-6-4-2-3-5-6;1-3-2-4-6-5-3;1-3-5-4-2-6-3;1-3-2-4-6-5-3/h2-5H,1H3;3H,1-2H3;4*1-2H3;3*2-3H,1H3;3*2H,1H3. The molecule has 0 unspecified atom stereocenters. The fourth-order valence-electron chi connectivity index (χ4n) is 3.68. The number of hydrogen-bond acceptors (Lipinski definition) is 29. The predicted molar refractivity (Wildman–Crippen MR) is 289 cm³/mol. The highest BCUT2D eigenvalue weighted by Gasteiger charge is 1.94. The first kappa shape index (κ1) is 66.5. The predicted octanol–water partition coefficient (Wildman–Crippen LogP) is 6.35. The fourth-order valence-corrected chi connectivity index (χ4v) is 5.58. The van der Waals surface area contributed by atoms with Crippen LogP contribution in [0, 0.1) is 83.1 Å². The molecule has 34 heteroatoms. The van der Waals surface area contributed by atoms with Crippen molar-refractivity contribution in [1.82, 2.24) is 133 Å². The van der Waals surface area contributed by atoms with Crippen molar-refractivity contribution in [1.29, 1.82) is 0 Å². The minimum atomic E-state index is 0.623. The van der Waals surface area contributed by atoms with Gasteiger partial charge in [-0.15, -0.1) is 58.4 Å². The van der Waals surface area contributed by atoms with E-state index in [0.717, 1.165) is 55.0 Å². The molecule has 0 saturated carbocycles. The van der Waals surface area contributed by atoms with Crippen molar-refractivity contribution in [3.63, 3.8) is 0 Å². The second kappa shape index (κ2) is 40.8. The first-order chi connectivity index (χ1) is 36.7. The van der Waals surface area contributed by atoms with Gasteiger partial charge in [-0.05, 0) is 81.4 Å². The van der Waals surface area contributed by atoms with Gasteiger partial charge in [0.05, 0.1) is 71.5 Å². The fraction of sp³-hybridized carbons (Fsp3) is 0.395. The van der Waals surface area contributed by atoms with Gasteiger partial charge in [-0.2, -0.15) is 42.7 Å². The first-order valence-corrected chi connectivity index (χ1v) is 25.4. The maximum atomic E-state index is 4.86. The molecule has 12 rings (SSSR count). The molecule has 12 heterocycles. The number of aryl methyl sites for hydroxylation is 17. The third-order valence-corrected chi connectivity index (χ3v) is 10.2. The summed E-state index contributed by atoms with van der Waals surface area (Å²) in [6.07, 6.45) is 18.8. The highest BCUT2D eigenvalue weighted by atomic mass is 32.1. The maximum absolute atomic E-state index is 4.86. The van der Waals surface area contributed by atoms with Crippen LogP contribution in [0.5, 0.6) is 0 Å². The molecule has 0 radical (unpaired) electrons. The third-order valence-electron chi connectivity index (χ3n) is 7.50. The number of aromatic nitrogens is 27. The van der Waals surface area contributed by atoms with Crippen LogP contribution in [-0.2, 0) is 35.2 Å². The normalized spacial score (nSPS) is 9.10. The Balaban J connectivity index is 0.000000420. The van der Waals surface area contributed by atoms with E-state index < -0.39 is 0 Å². The van der Waals surface area contributed by atoms with Gasteiger partial charge in [0.1, 0.15) is 62.4 Å². The highest BCUT2D eigenvalue weighted by molar-refractivity contribution is 7.11. The molecular formula is C43H65N27O3S4. The SMILES string of the molecule is Cc1cnon1.Cc1cnsn1.Cc1ncn(C)n1.Cc1nnc(C)o1.Cc1nnc(C)s1.Cc1nncs1.Cc1nonc1C.Cc1nsnc1C.Cn1cccc1.Cn1ccnn1.Cn1cncn1.Cn1nccn1. The topological polar surface area (TPSA) is 348 Å². The van der Waals surface area contributed by atoms with Gasteiger partial charge in [-0.3, -0.25) is 14.0 Å². The van der Waals surface area contributed by atoms with Crippen LogP contribution in [0.4, 0.5) is 0 Å². The molecule has 30 nitrogen and oxygen atoms in total. The van der Waals surface area contributed by atoms with E-state index in [4.69, 9.17) is 4.42 Å². The smallest absolute Gasteiger partial charge is 0.213 e. The van der Waals surface area contributed by atoms with Crippen LogP contribution < -0.4 is 0 Å². The average Bonchev–Trinajstić information content (AvgIpc) is 4.21. The molecule has 12 aromatic heterocycles. The highest BCUT2D eigenvalue weighted by Crippen LogP contribution is 2.04. The molecule has 0 N–H and O–H groups in total. The van der Waals surface area contributed by atoms with Gasteiger partial charge in [0.15, 0.2) is 0 Å². The van der Waals surface area contributed by atoms with Crippen LogP contribution in [0.25, 0.3) is 0 Å². The summed E-state index contributed by atoms with van der Waals surface area (Å²) in [5.41, 5.74) is 7.35. The van der Waals surface area contributed by atoms with Gasteiger partial charge in [0, 0.05) is 67.7 Å². The second-order valence-electron chi connectivity index (χ2n) is 14.6. The van der Waals surface area contributed by atoms with Crippen molar-refractivity contribution in [2.75, 3.05) is 0 Å². The molecule has 0 aliphatic heterocycles. The van der Waals surface area contributed by atoms with Crippen molar-refractivity contribution < 1.29 is 13.7 Å². The van der Waals surface area contributed by atoms with E-state index in [9.17, 15) is 0 Å². The molecule has 0 spiro atoms. The van der Waals surface area contributed by atoms with E-state index in [1.54, 1.807) is 113 Å². The van der Waals surface area contributed by atoms with Gasteiger partial charge >= 0.3 is 0 Å². The monoisotopic (exact) mass is 1140 g/mol. The molecule has 0 aliphatic rings. The van der Waals surface area contributed by atoms with Gasteiger partial charge < -0.3 is 8.98 Å². The molecule has 0 aliphatic carbocycles. The van der Waals surface area contributed by atoms with Gasteiger partial charge in [0.2, 0.25) is 11.8 Å². The summed E-state index contributed by atoms with van der Waals surface area (Å²) < 4.78 is 35.9. The Hall–Kier alpha value is -8.50. The van der Waals surface area contributed by atoms with Crippen molar-refractivity contribution >= 4 is 46.1 Å². The maximum Gasteiger partial charge on any atom is 0.213 e. The zero-order valence-electron chi connectivity index (χ0n) is 46.0. The Morgan fingerprint density at radius 2 is 1.14 bits per heavy atom. The average molecular weight is 1140 g/mol. The van der Waals surface area contributed by atoms with Crippen LogP contribution in [-0.4, -0.2) is 133 Å². The van der Waals surface area contributed by atoms with Crippen molar-refractivity contribution in [2.24, 2.45) is 35.2 Å². The zero-order valence-corrected chi connectivity index (χ0v) is 49.3. The summed E-state index contributed by atoms with van der Waals surface area (Å²) in [4.78, 5) is 9.04. The Bertz CT molecular complexity index is 2540. The molecule has 12 aromatic rings. The molecule has 0 fully saturated rings. The van der Waals surface area contributed by atoms with Gasteiger partial charge in [0.25, 0.3) is 0 Å². The number of hydrogen-bond donors (Lipinski definition) is 0. The molecule has 414 valence electrons. The largest absolute Gasteiger partial charge is 0.426 e. The third kappa shape index (κ3) is 37.8. The lowest BCUT2D eigenvalue weighted by Crippen LogP contribution is -1.89. The summed E-state index contributed by atoms with van der Waals surface area (Å²) in [6, 6.07) is 4.00. The molecule has 0 aromatic carbocycles. The molecule has 0 amide bonds. The van der Waals surface area contributed by atoms with Crippen molar-refractivity contribution in [3.8, 4) is 0 Å². The van der Waals surface area contributed by atoms with Crippen LogP contribution in [0.15, 0.2) is 99.9 Å². The minimum absolute atomic E-state index is 0.623. The Labute approximate surface area is 461 Å². The van der Waals surface area contributed by atoms with Crippen LogP contribution in [0.1, 0.15) is 66.8 Å². The van der Waals surface area contributed by atoms with Crippen LogP contribution >= 0.6 is 46.1 Å². The van der Waals surface area contributed by atoms with Crippen molar-refractivity contribution in [2.45, 2.75) is 83.1 Å². The lowest BCUT2D eigenvalue weighted by molar-refractivity contribution is 0.302. The Kier molecular flexibility index (Phi) is 35.3. The van der Waals surface area contributed by atoms with E-state index in [0.29, 0.717) is 11.8 Å². The van der Waals surface area contributed by atoms with E-state index >= 15 is 0 Å². The van der Waals surface area contributed by atoms with E-state index in [2.05, 4.69) is 119 Å². The number of rotatable bonds is 0. The van der Waals surface area contributed by atoms with E-state index in [1.807, 2.05) is 127 Å². The Morgan fingerprint density at radius 1 is 0.519 bits per heavy atom. The summed E-state index contributed by atoms with van der Waals surface area (Å²) in [7, 11) is 9.28. The molecule has 0 atom stereocenters. The zero-order chi connectivity index (χ0) is 57.2. The lowest BCUT2D eigenvalue weighted by atomic mass is 10.4. The minimum Gasteiger partial charge on any atom is -0.426 e. The summed E-state index contributed by atoms with van der Waals surface area (Å²) >= 11 is 5.68. The Morgan fingerprint density at radius 3 is 1.30 bits per heavy atom. The van der Waals surface area contributed by atoms with Crippen LogP contribution in [0.2, 0.25) is 0 Å². The molecular weight excluding hydrogens is 1070 g/mol. The summed E-state index contributed by atoms with van der Waals surface area (Å²) in [5, 5.41) is 61.2. The quantitative estimate of drug-likeness (QED) is 0.160. The lowest BCUT2D eigenvalue weighted by Gasteiger charge is -1.79. The van der Waals surface area contributed by atoms with Gasteiger partial charge in [-0.25, -0.2) is 19.2 Å². The molecule has 77 heavy (non-hydrogen) atoms.